The Hall–Kier alpha value is -3.81. The van der Waals surface area contributed by atoms with Crippen LogP contribution in [0.5, 0.6) is 11.5 Å². The summed E-state index contributed by atoms with van der Waals surface area (Å²) in [6.07, 6.45) is -0.359. The van der Waals surface area contributed by atoms with Crippen molar-refractivity contribution in [2.75, 3.05) is 10.7 Å². The zero-order chi connectivity index (χ0) is 25.9. The van der Waals surface area contributed by atoms with Gasteiger partial charge >= 0.3 is 0 Å². The summed E-state index contributed by atoms with van der Waals surface area (Å²) in [4.78, 5) is 14.9. The third kappa shape index (κ3) is 5.19. The number of nitrogens with zero attached hydrogens (tertiary/aromatic N) is 1. The van der Waals surface area contributed by atoms with Crippen LogP contribution in [0.15, 0.2) is 97.1 Å². The molecule has 5 rings (SSSR count). The molecule has 37 heavy (non-hydrogen) atoms. The third-order valence-electron chi connectivity index (χ3n) is 6.55. The van der Waals surface area contributed by atoms with E-state index in [2.05, 4.69) is 0 Å². The highest BCUT2D eigenvalue weighted by atomic mass is 32.2. The van der Waals surface area contributed by atoms with Gasteiger partial charge in [0.05, 0.1) is 12.1 Å². The first-order valence-corrected chi connectivity index (χ1v) is 13.0. The predicted molar refractivity (Wildman–Crippen MR) is 144 cm³/mol. The predicted octanol–water partition coefficient (Wildman–Crippen LogP) is 6.22. The summed E-state index contributed by atoms with van der Waals surface area (Å²) in [5.41, 5.74) is 3.53. The van der Waals surface area contributed by atoms with Gasteiger partial charge in [-0.05, 0) is 71.3 Å². The molecule has 0 saturated carbocycles. The summed E-state index contributed by atoms with van der Waals surface area (Å²) >= 11 is 1.44. The Morgan fingerprint density at radius 2 is 1.59 bits per heavy atom. The van der Waals surface area contributed by atoms with E-state index in [1.54, 1.807) is 41.3 Å². The number of aromatic hydroxyl groups is 2. The second-order valence-corrected chi connectivity index (χ2v) is 10.2. The Balaban J connectivity index is 1.37. The number of aliphatic hydroxyl groups excluding tert-OH is 1. The van der Waals surface area contributed by atoms with Crippen LogP contribution in [0, 0.1) is 5.82 Å². The lowest BCUT2D eigenvalue weighted by molar-refractivity contribution is -0.123. The molecule has 1 aliphatic heterocycles. The van der Waals surface area contributed by atoms with Crippen LogP contribution in [0.25, 0.3) is 11.1 Å². The van der Waals surface area contributed by atoms with Crippen molar-refractivity contribution in [1.82, 2.24) is 0 Å². The Labute approximate surface area is 218 Å². The van der Waals surface area contributed by atoms with Gasteiger partial charge in [-0.25, -0.2) is 4.39 Å². The number of carbonyl (C=O) groups excluding carboxylic acids is 1. The van der Waals surface area contributed by atoms with Gasteiger partial charge in [0, 0.05) is 11.3 Å². The Kier molecular flexibility index (Phi) is 7.17. The van der Waals surface area contributed by atoms with E-state index in [0.717, 1.165) is 16.8 Å². The number of phenolic OH excluding ortho intramolecular Hbond substituents is 2. The second-order valence-electron chi connectivity index (χ2n) is 8.96. The fraction of sp³-hybridized carbons (Fsp3) is 0.167. The van der Waals surface area contributed by atoms with E-state index < -0.39 is 11.4 Å². The van der Waals surface area contributed by atoms with Gasteiger partial charge in [0.15, 0.2) is 0 Å². The van der Waals surface area contributed by atoms with Crippen molar-refractivity contribution in [3.8, 4) is 22.6 Å². The van der Waals surface area contributed by atoms with Crippen LogP contribution in [0.3, 0.4) is 0 Å². The molecule has 188 valence electrons. The van der Waals surface area contributed by atoms with E-state index in [1.165, 1.54) is 23.9 Å². The number of phenols is 2. The Morgan fingerprint density at radius 1 is 0.865 bits per heavy atom. The van der Waals surface area contributed by atoms with Crippen LogP contribution in [0.1, 0.15) is 29.7 Å². The highest BCUT2D eigenvalue weighted by Gasteiger charge is 2.50. The van der Waals surface area contributed by atoms with Crippen LogP contribution < -0.4 is 4.90 Å². The number of anilines is 1. The monoisotopic (exact) mass is 515 g/mol. The fourth-order valence-electron chi connectivity index (χ4n) is 4.62. The second kappa shape index (κ2) is 10.7. The van der Waals surface area contributed by atoms with Crippen LogP contribution in [0.4, 0.5) is 10.1 Å². The molecular weight excluding hydrogens is 489 g/mol. The Morgan fingerprint density at radius 3 is 2.30 bits per heavy atom. The molecule has 5 nitrogen and oxygen atoms in total. The molecule has 1 aliphatic rings. The molecule has 3 N–H and O–H groups in total. The minimum atomic E-state index is -0.762. The number of para-hydroxylation sites is 1. The molecule has 4 aromatic carbocycles. The zero-order valence-electron chi connectivity index (χ0n) is 19.9. The number of benzene rings is 4. The van der Waals surface area contributed by atoms with Gasteiger partial charge in [0.2, 0.25) is 5.91 Å². The number of aliphatic hydroxyl groups is 1. The van der Waals surface area contributed by atoms with E-state index in [4.69, 9.17) is 0 Å². The van der Waals surface area contributed by atoms with Crippen molar-refractivity contribution < 1.29 is 24.5 Å². The molecule has 1 fully saturated rings. The number of halogens is 1. The number of hydrogen-bond donors (Lipinski definition) is 3. The van der Waals surface area contributed by atoms with E-state index in [9.17, 15) is 24.5 Å². The number of amides is 1. The number of thioether (sulfide) groups is 1. The molecule has 0 radical (unpaired) electrons. The zero-order valence-corrected chi connectivity index (χ0v) is 20.7. The van der Waals surface area contributed by atoms with Crippen molar-refractivity contribution in [3.05, 3.63) is 114 Å². The first-order valence-electron chi connectivity index (χ1n) is 12.0. The van der Waals surface area contributed by atoms with Gasteiger partial charge in [-0.3, -0.25) is 4.79 Å². The lowest BCUT2D eigenvalue weighted by atomic mass is 9.90. The first-order chi connectivity index (χ1) is 17.9. The van der Waals surface area contributed by atoms with Crippen LogP contribution in [-0.4, -0.2) is 32.2 Å². The van der Waals surface area contributed by atoms with Crippen molar-refractivity contribution in [2.24, 2.45) is 0 Å². The average Bonchev–Trinajstić information content (AvgIpc) is 2.90. The van der Waals surface area contributed by atoms with Gasteiger partial charge in [-0.15, -0.1) is 11.8 Å². The van der Waals surface area contributed by atoms with Crippen molar-refractivity contribution in [1.29, 1.82) is 0 Å². The highest BCUT2D eigenvalue weighted by molar-refractivity contribution is 8.00. The normalized spacial score (nSPS) is 17.9. The molecule has 0 aliphatic carbocycles. The average molecular weight is 516 g/mol. The maximum Gasteiger partial charge on any atom is 0.243 e. The molecule has 0 bridgehead atoms. The summed E-state index contributed by atoms with van der Waals surface area (Å²) in [5.74, 6) is 0.297. The lowest BCUT2D eigenvalue weighted by Crippen LogP contribution is -2.57. The largest absolute Gasteiger partial charge is 0.508 e. The molecule has 1 heterocycles. The molecule has 0 unspecified atom stereocenters. The molecule has 3 atom stereocenters. The smallest absolute Gasteiger partial charge is 0.243 e. The van der Waals surface area contributed by atoms with Crippen molar-refractivity contribution >= 4 is 23.4 Å². The summed E-state index contributed by atoms with van der Waals surface area (Å²) in [7, 11) is 0. The summed E-state index contributed by atoms with van der Waals surface area (Å²) < 4.78 is 13.2. The quantitative estimate of drug-likeness (QED) is 0.243. The minimum Gasteiger partial charge on any atom is -0.508 e. The molecule has 4 aromatic rings. The minimum absolute atomic E-state index is 0.0612. The van der Waals surface area contributed by atoms with Crippen molar-refractivity contribution in [3.63, 3.8) is 0 Å². The lowest BCUT2D eigenvalue weighted by Gasteiger charge is -2.47. The van der Waals surface area contributed by atoms with Crippen LogP contribution >= 0.6 is 11.8 Å². The number of hydrogen-bond acceptors (Lipinski definition) is 5. The van der Waals surface area contributed by atoms with Gasteiger partial charge in [-0.2, -0.15) is 0 Å². The van der Waals surface area contributed by atoms with E-state index in [-0.39, 0.29) is 29.3 Å². The van der Waals surface area contributed by atoms with E-state index in [0.29, 0.717) is 23.3 Å². The highest BCUT2D eigenvalue weighted by Crippen LogP contribution is 2.48. The van der Waals surface area contributed by atoms with Crippen molar-refractivity contribution in [2.45, 2.75) is 23.8 Å². The molecule has 0 aromatic heterocycles. The topological polar surface area (TPSA) is 81.0 Å². The Bertz CT molecular complexity index is 1400. The van der Waals surface area contributed by atoms with Crippen LogP contribution in [-0.2, 0) is 4.79 Å². The van der Waals surface area contributed by atoms with E-state index in [1.807, 2.05) is 48.5 Å². The van der Waals surface area contributed by atoms with Gasteiger partial charge < -0.3 is 20.2 Å². The van der Waals surface area contributed by atoms with Crippen LogP contribution in [0.2, 0.25) is 0 Å². The number of β-lactam (4-membered cyclic amide) rings is 1. The fourth-order valence-corrected chi connectivity index (χ4v) is 5.94. The van der Waals surface area contributed by atoms with Gasteiger partial charge in [0.1, 0.15) is 22.6 Å². The standard InChI is InChI=1S/C30H26FNO4S/c31-22-12-9-19(10-13-22)26(34)15-16-37-29-28(32(30(29)36)23-6-2-1-3-7-23)25-14-11-21(18-27(25)35)20-5-4-8-24(33)17-20/h1-14,17-18,26,28-29,33-35H,15-16H2/t26-,28+,29+/m0/s1. The molecule has 7 heteroatoms. The first kappa shape index (κ1) is 24.9. The third-order valence-corrected chi connectivity index (χ3v) is 7.84. The number of carbonyl (C=O) groups is 1. The number of rotatable bonds is 8. The molecule has 1 saturated heterocycles. The molecule has 0 spiro atoms. The summed E-state index contributed by atoms with van der Waals surface area (Å²) in [6, 6.07) is 26.9. The van der Waals surface area contributed by atoms with Gasteiger partial charge in [0.25, 0.3) is 0 Å². The maximum absolute atomic E-state index is 13.3. The molecular formula is C30H26FNO4S. The summed E-state index contributed by atoms with van der Waals surface area (Å²) in [6.45, 7) is 0. The molecule has 1 amide bonds. The van der Waals surface area contributed by atoms with E-state index >= 15 is 0 Å². The maximum atomic E-state index is 13.3. The summed E-state index contributed by atoms with van der Waals surface area (Å²) in [5, 5.41) is 30.9. The van der Waals surface area contributed by atoms with Gasteiger partial charge in [-0.1, -0.05) is 54.6 Å². The SMILES string of the molecule is O=C1[C@H](SCC[C@H](O)c2ccc(F)cc2)[C@@H](c2ccc(-c3cccc(O)c3)cc2O)N1c1ccccc1.